The number of nitrogens with zero attached hydrogens (tertiary/aromatic N) is 2. The Morgan fingerprint density at radius 3 is 2.42 bits per heavy atom. The minimum Gasteiger partial charge on any atom is -0.476 e. The van der Waals surface area contributed by atoms with E-state index in [0.717, 1.165) is 5.56 Å². The van der Waals surface area contributed by atoms with Gasteiger partial charge in [0.15, 0.2) is 5.69 Å². The lowest BCUT2D eigenvalue weighted by Crippen LogP contribution is -2.10. The Morgan fingerprint density at radius 1 is 1.21 bits per heavy atom. The fourth-order valence-corrected chi connectivity index (χ4v) is 1.71. The maximum atomic E-state index is 10.7. The molecule has 1 heterocycles. The lowest BCUT2D eigenvalue weighted by atomic mass is 10.1. The Balaban J connectivity index is 2.08. The van der Waals surface area contributed by atoms with Crippen LogP contribution in [0, 0.1) is 0 Å². The molecule has 0 saturated heterocycles. The molecule has 2 N–H and O–H groups in total. The molecule has 0 fully saturated rings. The lowest BCUT2D eigenvalue weighted by Gasteiger charge is -2.14. The number of nitrogens with one attached hydrogen (secondary N) is 1. The fourth-order valence-electron chi connectivity index (χ4n) is 1.58. The number of carboxylic acid groups (broad SMARTS) is 1. The van der Waals surface area contributed by atoms with Crippen LogP contribution in [0.2, 0.25) is 5.02 Å². The largest absolute Gasteiger partial charge is 0.476 e. The van der Waals surface area contributed by atoms with Crippen molar-refractivity contribution in [2.75, 3.05) is 5.32 Å². The highest BCUT2D eigenvalue weighted by Gasteiger charge is 2.08. The Morgan fingerprint density at radius 2 is 1.89 bits per heavy atom. The summed E-state index contributed by atoms with van der Waals surface area (Å²) in [6.07, 6.45) is 0. The first-order valence-electron chi connectivity index (χ1n) is 5.65. The number of aromatic carboxylic acids is 1. The van der Waals surface area contributed by atoms with Crippen molar-refractivity contribution in [2.45, 2.75) is 13.0 Å². The summed E-state index contributed by atoms with van der Waals surface area (Å²) in [5.41, 5.74) is 0.971. The van der Waals surface area contributed by atoms with E-state index in [4.69, 9.17) is 16.7 Å². The molecule has 1 aromatic carbocycles. The third-order valence-electron chi connectivity index (χ3n) is 2.62. The maximum Gasteiger partial charge on any atom is 0.356 e. The molecular weight excluding hydrogens is 266 g/mol. The highest BCUT2D eigenvalue weighted by Crippen LogP contribution is 2.19. The van der Waals surface area contributed by atoms with Gasteiger partial charge in [-0.2, -0.15) is 0 Å². The number of carboxylic acids is 1. The van der Waals surface area contributed by atoms with E-state index in [1.807, 2.05) is 31.2 Å². The number of halogens is 1. The summed E-state index contributed by atoms with van der Waals surface area (Å²) in [5, 5.41) is 20.0. The molecule has 0 spiro atoms. The monoisotopic (exact) mass is 277 g/mol. The molecule has 5 nitrogen and oxygen atoms in total. The fraction of sp³-hybridized carbons (Fsp3) is 0.154. The molecule has 0 aliphatic rings. The molecule has 0 bridgehead atoms. The molecule has 0 aliphatic carbocycles. The van der Waals surface area contributed by atoms with Gasteiger partial charge in [0.05, 0.1) is 6.04 Å². The first kappa shape index (κ1) is 13.3. The molecule has 2 aromatic rings. The molecular formula is C13H12ClN3O2. The number of rotatable bonds is 4. The predicted octanol–water partition coefficient (Wildman–Crippen LogP) is 3.00. The van der Waals surface area contributed by atoms with Crippen LogP contribution in [0.3, 0.4) is 0 Å². The zero-order valence-corrected chi connectivity index (χ0v) is 10.9. The molecule has 19 heavy (non-hydrogen) atoms. The number of hydrogen-bond donors (Lipinski definition) is 2. The van der Waals surface area contributed by atoms with Crippen molar-refractivity contribution in [3.63, 3.8) is 0 Å². The summed E-state index contributed by atoms with van der Waals surface area (Å²) in [5.74, 6) is -0.572. The van der Waals surface area contributed by atoms with Crippen molar-refractivity contribution in [1.29, 1.82) is 0 Å². The van der Waals surface area contributed by atoms with Crippen molar-refractivity contribution in [1.82, 2.24) is 10.2 Å². The molecule has 0 amide bonds. The highest BCUT2D eigenvalue weighted by molar-refractivity contribution is 6.30. The Hall–Kier alpha value is -2.14. The second-order valence-corrected chi connectivity index (χ2v) is 4.46. The van der Waals surface area contributed by atoms with Gasteiger partial charge in [0.25, 0.3) is 0 Å². The van der Waals surface area contributed by atoms with Gasteiger partial charge in [-0.1, -0.05) is 23.7 Å². The normalized spacial score (nSPS) is 11.9. The molecule has 0 saturated carbocycles. The maximum absolute atomic E-state index is 10.7. The van der Waals surface area contributed by atoms with E-state index >= 15 is 0 Å². The third kappa shape index (κ3) is 3.42. The van der Waals surface area contributed by atoms with Crippen LogP contribution in [0.15, 0.2) is 36.4 Å². The SMILES string of the molecule is CC(Nc1ccc(C(=O)O)nn1)c1ccc(Cl)cc1. The Bertz CT molecular complexity index is 569. The first-order chi connectivity index (χ1) is 9.06. The van der Waals surface area contributed by atoms with Crippen LogP contribution in [-0.2, 0) is 0 Å². The first-order valence-corrected chi connectivity index (χ1v) is 6.03. The average Bonchev–Trinajstić information content (AvgIpc) is 2.40. The van der Waals surface area contributed by atoms with Gasteiger partial charge in [-0.15, -0.1) is 10.2 Å². The summed E-state index contributed by atoms with van der Waals surface area (Å²) in [7, 11) is 0. The molecule has 1 aromatic heterocycles. The van der Waals surface area contributed by atoms with E-state index in [2.05, 4.69) is 15.5 Å². The summed E-state index contributed by atoms with van der Waals surface area (Å²) in [4.78, 5) is 10.7. The lowest BCUT2D eigenvalue weighted by molar-refractivity contribution is 0.0689. The van der Waals surface area contributed by atoms with Crippen LogP contribution < -0.4 is 5.32 Å². The van der Waals surface area contributed by atoms with Gasteiger partial charge in [-0.05, 0) is 36.8 Å². The van der Waals surface area contributed by atoms with E-state index in [1.165, 1.54) is 6.07 Å². The second-order valence-electron chi connectivity index (χ2n) is 4.03. The molecule has 6 heteroatoms. The number of aromatic nitrogens is 2. The third-order valence-corrected chi connectivity index (χ3v) is 2.87. The molecule has 0 aliphatic heterocycles. The van der Waals surface area contributed by atoms with Crippen molar-refractivity contribution < 1.29 is 9.90 Å². The van der Waals surface area contributed by atoms with Gasteiger partial charge in [-0.3, -0.25) is 0 Å². The number of benzene rings is 1. The predicted molar refractivity (Wildman–Crippen MR) is 72.5 cm³/mol. The van der Waals surface area contributed by atoms with Gasteiger partial charge in [-0.25, -0.2) is 4.79 Å². The van der Waals surface area contributed by atoms with Crippen LogP contribution in [0.5, 0.6) is 0 Å². The standard InChI is InChI=1S/C13H12ClN3O2/c1-8(9-2-4-10(14)5-3-9)15-12-7-6-11(13(18)19)16-17-12/h2-8H,1H3,(H,15,17)(H,18,19). The van der Waals surface area contributed by atoms with E-state index in [0.29, 0.717) is 10.8 Å². The van der Waals surface area contributed by atoms with E-state index in [9.17, 15) is 4.79 Å². The van der Waals surface area contributed by atoms with Gasteiger partial charge >= 0.3 is 5.97 Å². The minimum absolute atomic E-state index is 0.0160. The number of carbonyl (C=O) groups is 1. The van der Waals surface area contributed by atoms with E-state index < -0.39 is 5.97 Å². The van der Waals surface area contributed by atoms with Crippen LogP contribution in [0.1, 0.15) is 29.0 Å². The summed E-state index contributed by atoms with van der Waals surface area (Å²) in [6.45, 7) is 1.97. The van der Waals surface area contributed by atoms with Crippen molar-refractivity contribution >= 4 is 23.4 Å². The molecule has 2 rings (SSSR count). The molecule has 0 radical (unpaired) electrons. The zero-order valence-electron chi connectivity index (χ0n) is 10.2. The average molecular weight is 278 g/mol. The summed E-state index contributed by atoms with van der Waals surface area (Å²) < 4.78 is 0. The van der Waals surface area contributed by atoms with Crippen LogP contribution in [-0.4, -0.2) is 21.3 Å². The zero-order chi connectivity index (χ0) is 13.8. The molecule has 1 unspecified atom stereocenters. The molecule has 98 valence electrons. The van der Waals surface area contributed by atoms with E-state index in [1.54, 1.807) is 6.07 Å². The van der Waals surface area contributed by atoms with Crippen molar-refractivity contribution in [3.05, 3.63) is 52.7 Å². The van der Waals surface area contributed by atoms with Gasteiger partial charge in [0.2, 0.25) is 0 Å². The smallest absolute Gasteiger partial charge is 0.356 e. The van der Waals surface area contributed by atoms with Gasteiger partial charge < -0.3 is 10.4 Å². The van der Waals surface area contributed by atoms with Crippen molar-refractivity contribution in [2.24, 2.45) is 0 Å². The summed E-state index contributed by atoms with van der Waals surface area (Å²) >= 11 is 5.83. The summed E-state index contributed by atoms with van der Waals surface area (Å²) in [6, 6.07) is 10.5. The molecule has 1 atom stereocenters. The Kier molecular flexibility index (Phi) is 3.97. The number of hydrogen-bond acceptors (Lipinski definition) is 4. The Labute approximate surface area is 115 Å². The topological polar surface area (TPSA) is 75.1 Å². The van der Waals surface area contributed by atoms with Crippen LogP contribution in [0.25, 0.3) is 0 Å². The highest BCUT2D eigenvalue weighted by atomic mass is 35.5. The van der Waals surface area contributed by atoms with Crippen molar-refractivity contribution in [3.8, 4) is 0 Å². The van der Waals surface area contributed by atoms with Gasteiger partial charge in [0.1, 0.15) is 5.82 Å². The quantitative estimate of drug-likeness (QED) is 0.898. The number of anilines is 1. The van der Waals surface area contributed by atoms with Gasteiger partial charge in [0, 0.05) is 5.02 Å². The second kappa shape index (κ2) is 5.67. The van der Waals surface area contributed by atoms with Crippen LogP contribution >= 0.6 is 11.6 Å². The van der Waals surface area contributed by atoms with Crippen LogP contribution in [0.4, 0.5) is 5.82 Å². The van der Waals surface area contributed by atoms with E-state index in [-0.39, 0.29) is 11.7 Å². The minimum atomic E-state index is -1.09.